The van der Waals surface area contributed by atoms with Gasteiger partial charge in [0.1, 0.15) is 0 Å². The molecule has 1 amide bonds. The first-order valence-electron chi connectivity index (χ1n) is 4.25. The van der Waals surface area contributed by atoms with E-state index in [1.807, 2.05) is 0 Å². The fourth-order valence-electron chi connectivity index (χ4n) is 1.45. The maximum absolute atomic E-state index is 11.4. The van der Waals surface area contributed by atoms with Crippen LogP contribution in [-0.2, 0) is 19.1 Å². The van der Waals surface area contributed by atoms with Crippen molar-refractivity contribution >= 4 is 21.7 Å². The summed E-state index contributed by atoms with van der Waals surface area (Å²) in [6.07, 6.45) is -0.141. The highest BCUT2D eigenvalue weighted by molar-refractivity contribution is 7.86. The number of amides is 1. The van der Waals surface area contributed by atoms with E-state index in [1.165, 1.54) is 0 Å². The van der Waals surface area contributed by atoms with E-state index in [1.54, 1.807) is 24.3 Å². The molecule has 9 heteroatoms. The summed E-state index contributed by atoms with van der Waals surface area (Å²) in [7, 11) is -3.64. The maximum Gasteiger partial charge on any atom is 0.265 e. The van der Waals surface area contributed by atoms with Crippen molar-refractivity contribution in [3.63, 3.8) is 0 Å². The van der Waals surface area contributed by atoms with Gasteiger partial charge in [-0.15, -0.1) is 0 Å². The predicted molar refractivity (Wildman–Crippen MR) is 64.6 cm³/mol. The molecule has 0 bridgehead atoms. The SMILES string of the molecule is CS(=O)(=O)OC1C(=O)Nc2ccccc21.O.O.O. The van der Waals surface area contributed by atoms with Crippen LogP contribution in [0.4, 0.5) is 5.69 Å². The Bertz CT molecular complexity index is 513. The molecular formula is C9H15NO7S. The average molecular weight is 281 g/mol. The second-order valence-electron chi connectivity index (χ2n) is 3.26. The Morgan fingerprint density at radius 3 is 2.28 bits per heavy atom. The van der Waals surface area contributed by atoms with Crippen LogP contribution in [0.3, 0.4) is 0 Å². The van der Waals surface area contributed by atoms with E-state index >= 15 is 0 Å². The Morgan fingerprint density at radius 1 is 1.17 bits per heavy atom. The van der Waals surface area contributed by atoms with E-state index in [0.717, 1.165) is 6.26 Å². The molecule has 2 rings (SSSR count). The van der Waals surface area contributed by atoms with Crippen molar-refractivity contribution < 1.29 is 33.8 Å². The van der Waals surface area contributed by atoms with E-state index in [4.69, 9.17) is 4.18 Å². The van der Waals surface area contributed by atoms with E-state index in [-0.39, 0.29) is 16.4 Å². The summed E-state index contributed by atoms with van der Waals surface area (Å²) < 4.78 is 26.6. The maximum atomic E-state index is 11.4. The molecule has 1 aliphatic heterocycles. The quantitative estimate of drug-likeness (QED) is 0.630. The fourth-order valence-corrected chi connectivity index (χ4v) is 1.99. The van der Waals surface area contributed by atoms with Crippen LogP contribution in [-0.4, -0.2) is 37.0 Å². The van der Waals surface area contributed by atoms with Crippen molar-refractivity contribution in [3.8, 4) is 0 Å². The Labute approximate surface area is 104 Å². The zero-order chi connectivity index (χ0) is 11.1. The van der Waals surface area contributed by atoms with E-state index < -0.39 is 22.1 Å². The third kappa shape index (κ3) is 3.75. The van der Waals surface area contributed by atoms with Crippen LogP contribution < -0.4 is 5.32 Å². The topological polar surface area (TPSA) is 167 Å². The minimum absolute atomic E-state index is 0. The highest BCUT2D eigenvalue weighted by Crippen LogP contribution is 2.33. The van der Waals surface area contributed by atoms with Gasteiger partial charge in [-0.05, 0) is 6.07 Å². The van der Waals surface area contributed by atoms with E-state index in [2.05, 4.69) is 5.32 Å². The summed E-state index contributed by atoms with van der Waals surface area (Å²) in [4.78, 5) is 11.4. The molecule has 1 aromatic rings. The molecule has 7 N–H and O–H groups in total. The number of carbonyl (C=O) groups excluding carboxylic acids is 1. The first-order chi connectivity index (χ1) is 6.97. The number of rotatable bonds is 2. The zero-order valence-corrected chi connectivity index (χ0v) is 10.2. The van der Waals surface area contributed by atoms with E-state index in [0.29, 0.717) is 11.3 Å². The number of carbonyl (C=O) groups is 1. The van der Waals surface area contributed by atoms with Crippen LogP contribution in [0.25, 0.3) is 0 Å². The highest BCUT2D eigenvalue weighted by atomic mass is 32.2. The highest BCUT2D eigenvalue weighted by Gasteiger charge is 2.33. The van der Waals surface area contributed by atoms with E-state index in [9.17, 15) is 13.2 Å². The molecule has 0 fully saturated rings. The van der Waals surface area contributed by atoms with Gasteiger partial charge < -0.3 is 21.7 Å². The summed E-state index contributed by atoms with van der Waals surface area (Å²) >= 11 is 0. The summed E-state index contributed by atoms with van der Waals surface area (Å²) in [6, 6.07) is 6.82. The number of hydrogen-bond acceptors (Lipinski definition) is 4. The molecule has 0 aliphatic carbocycles. The fraction of sp³-hybridized carbons (Fsp3) is 0.222. The van der Waals surface area contributed by atoms with Gasteiger partial charge in [-0.2, -0.15) is 8.42 Å². The molecule has 104 valence electrons. The molecule has 0 spiro atoms. The van der Waals surface area contributed by atoms with Crippen molar-refractivity contribution in [2.75, 3.05) is 11.6 Å². The predicted octanol–water partition coefficient (Wildman–Crippen LogP) is -1.82. The van der Waals surface area contributed by atoms with Gasteiger partial charge in [-0.1, -0.05) is 18.2 Å². The molecule has 1 unspecified atom stereocenters. The van der Waals surface area contributed by atoms with Gasteiger partial charge in [0.15, 0.2) is 6.10 Å². The molecule has 1 aromatic carbocycles. The van der Waals surface area contributed by atoms with Crippen molar-refractivity contribution in [1.82, 2.24) is 0 Å². The van der Waals surface area contributed by atoms with Crippen LogP contribution in [0.2, 0.25) is 0 Å². The Hall–Kier alpha value is -1.52. The lowest BCUT2D eigenvalue weighted by Gasteiger charge is -2.07. The second-order valence-corrected chi connectivity index (χ2v) is 4.86. The molecule has 1 atom stereocenters. The van der Waals surface area contributed by atoms with Gasteiger partial charge in [0, 0.05) is 11.3 Å². The minimum atomic E-state index is -3.64. The largest absolute Gasteiger partial charge is 0.412 e. The zero-order valence-electron chi connectivity index (χ0n) is 9.43. The summed E-state index contributed by atoms with van der Waals surface area (Å²) in [5, 5.41) is 2.54. The molecule has 0 saturated heterocycles. The molecule has 1 heterocycles. The molecule has 18 heavy (non-hydrogen) atoms. The number of anilines is 1. The molecular weight excluding hydrogens is 266 g/mol. The van der Waals surface area contributed by atoms with Gasteiger partial charge in [0.25, 0.3) is 16.0 Å². The lowest BCUT2D eigenvalue weighted by atomic mass is 10.1. The average Bonchev–Trinajstić information content (AvgIpc) is 2.41. The monoisotopic (exact) mass is 281 g/mol. The molecule has 0 radical (unpaired) electrons. The van der Waals surface area contributed by atoms with Gasteiger partial charge in [-0.3, -0.25) is 8.98 Å². The molecule has 0 aromatic heterocycles. The van der Waals surface area contributed by atoms with Gasteiger partial charge >= 0.3 is 0 Å². The van der Waals surface area contributed by atoms with Crippen LogP contribution in [0, 0.1) is 0 Å². The van der Waals surface area contributed by atoms with Gasteiger partial charge in [-0.25, -0.2) is 0 Å². The first-order valence-corrected chi connectivity index (χ1v) is 6.07. The third-order valence-electron chi connectivity index (χ3n) is 2.01. The second kappa shape index (κ2) is 6.42. The number of benzene rings is 1. The number of hydrogen-bond donors (Lipinski definition) is 1. The molecule has 1 aliphatic rings. The summed E-state index contributed by atoms with van der Waals surface area (Å²) in [5.41, 5.74) is 1.14. The third-order valence-corrected chi connectivity index (χ3v) is 2.55. The van der Waals surface area contributed by atoms with Crippen LogP contribution in [0.5, 0.6) is 0 Å². The molecule has 8 nitrogen and oxygen atoms in total. The standard InChI is InChI=1S/C9H9NO4S.3H2O/c1-15(12,13)14-8-6-4-2-3-5-7(6)10-9(8)11;;;/h2-5,8H,1H3,(H,10,11);3*1H2. The summed E-state index contributed by atoms with van der Waals surface area (Å²) in [5.74, 6) is -0.457. The summed E-state index contributed by atoms with van der Waals surface area (Å²) in [6.45, 7) is 0. The van der Waals surface area contributed by atoms with Crippen molar-refractivity contribution in [2.24, 2.45) is 0 Å². The normalized spacial score (nSPS) is 16.5. The molecule has 0 saturated carbocycles. The lowest BCUT2D eigenvalue weighted by Crippen LogP contribution is -2.18. The van der Waals surface area contributed by atoms with Crippen LogP contribution >= 0.6 is 0 Å². The van der Waals surface area contributed by atoms with Crippen LogP contribution in [0.1, 0.15) is 11.7 Å². The van der Waals surface area contributed by atoms with Crippen LogP contribution in [0.15, 0.2) is 24.3 Å². The Balaban J connectivity index is 0. The number of para-hydroxylation sites is 1. The minimum Gasteiger partial charge on any atom is -0.412 e. The number of nitrogens with one attached hydrogen (secondary N) is 1. The Kier molecular flexibility index (Phi) is 6.72. The Morgan fingerprint density at radius 2 is 1.72 bits per heavy atom. The smallest absolute Gasteiger partial charge is 0.265 e. The number of fused-ring (bicyclic) bond motifs is 1. The first kappa shape index (κ1) is 18.8. The van der Waals surface area contributed by atoms with Crippen molar-refractivity contribution in [3.05, 3.63) is 29.8 Å². The van der Waals surface area contributed by atoms with Gasteiger partial charge in [0.2, 0.25) is 0 Å². The van der Waals surface area contributed by atoms with Gasteiger partial charge in [0.05, 0.1) is 6.26 Å². The van der Waals surface area contributed by atoms with Crippen molar-refractivity contribution in [1.29, 1.82) is 0 Å². The lowest BCUT2D eigenvalue weighted by molar-refractivity contribution is -0.122. The van der Waals surface area contributed by atoms with Crippen molar-refractivity contribution in [2.45, 2.75) is 6.10 Å².